The van der Waals surface area contributed by atoms with Crippen molar-refractivity contribution in [3.8, 4) is 11.3 Å². The second-order valence-electron chi connectivity index (χ2n) is 10.3. The van der Waals surface area contributed by atoms with Crippen LogP contribution in [0.15, 0.2) is 83.1 Å². The Hall–Kier alpha value is -4.72. The van der Waals surface area contributed by atoms with Crippen molar-refractivity contribution in [2.45, 2.75) is 39.0 Å². The van der Waals surface area contributed by atoms with Gasteiger partial charge in [-0.2, -0.15) is 0 Å². The highest BCUT2D eigenvalue weighted by Crippen LogP contribution is 2.31. The molecule has 4 aromatic heterocycles. The molecule has 1 fully saturated rings. The number of hydrogen-bond acceptors (Lipinski definition) is 6. The normalized spacial score (nSPS) is 16.0. The fourth-order valence-electron chi connectivity index (χ4n) is 5.37. The highest BCUT2D eigenvalue weighted by atomic mass is 16.3. The lowest BCUT2D eigenvalue weighted by atomic mass is 10.0. The molecule has 1 saturated carbocycles. The molecule has 2 aliphatic rings. The third-order valence-electron chi connectivity index (χ3n) is 7.48. The van der Waals surface area contributed by atoms with Crippen LogP contribution in [0.2, 0.25) is 0 Å². The standard InChI is InChI=1S/C31H30N6O2/c1-18-6-7-20(13-23(12-18)36-31(38)19-4-2-3-5-19)22-14-25(30(33)35-16-22)28(32)27-15-24-26(37-27)8-10-34-29(24)21-9-11-39-17-21/h7-17,19,32,37H,2-6H2,1H3,(H2,33,35)(H,36,38). The molecule has 0 saturated heterocycles. The summed E-state index contributed by atoms with van der Waals surface area (Å²) in [6.07, 6.45) is 17.7. The third kappa shape index (κ3) is 4.93. The van der Waals surface area contributed by atoms with Gasteiger partial charge in [0.05, 0.1) is 29.6 Å². The van der Waals surface area contributed by atoms with Gasteiger partial charge in [0, 0.05) is 51.6 Å². The lowest BCUT2D eigenvalue weighted by Gasteiger charge is -2.13. The number of anilines is 1. The number of amides is 1. The van der Waals surface area contributed by atoms with Crippen molar-refractivity contribution in [1.29, 1.82) is 5.41 Å². The fraction of sp³-hybridized carbons (Fsp3) is 0.226. The number of aromatic amines is 1. The first-order valence-corrected chi connectivity index (χ1v) is 13.2. The van der Waals surface area contributed by atoms with Crippen molar-refractivity contribution in [2.24, 2.45) is 5.92 Å². The van der Waals surface area contributed by atoms with Gasteiger partial charge >= 0.3 is 0 Å². The van der Waals surface area contributed by atoms with Crippen LogP contribution in [0.25, 0.3) is 27.7 Å². The molecule has 8 nitrogen and oxygen atoms in total. The summed E-state index contributed by atoms with van der Waals surface area (Å²) in [4.78, 5) is 25.1. The molecule has 0 radical (unpaired) electrons. The van der Waals surface area contributed by atoms with E-state index in [1.807, 2.05) is 36.4 Å². The van der Waals surface area contributed by atoms with Gasteiger partial charge in [-0.05, 0) is 68.2 Å². The second-order valence-corrected chi connectivity index (χ2v) is 10.3. The molecule has 0 aliphatic heterocycles. The Balaban J connectivity index is 1.32. The van der Waals surface area contributed by atoms with Crippen LogP contribution in [0.1, 0.15) is 55.8 Å². The first kappa shape index (κ1) is 24.6. The maximum Gasteiger partial charge on any atom is 0.227 e. The van der Waals surface area contributed by atoms with E-state index >= 15 is 0 Å². The molecular formula is C31H30N6O2. The Morgan fingerprint density at radius 3 is 2.79 bits per heavy atom. The summed E-state index contributed by atoms with van der Waals surface area (Å²) in [6, 6.07) is 7.55. The van der Waals surface area contributed by atoms with Crippen molar-refractivity contribution < 1.29 is 9.21 Å². The van der Waals surface area contributed by atoms with Crippen LogP contribution in [0.5, 0.6) is 0 Å². The summed E-state index contributed by atoms with van der Waals surface area (Å²) >= 11 is 0. The van der Waals surface area contributed by atoms with Gasteiger partial charge in [0.25, 0.3) is 0 Å². The Kier molecular flexibility index (Phi) is 6.44. The zero-order valence-electron chi connectivity index (χ0n) is 21.8. The number of hydrogen-bond donors (Lipinski definition) is 4. The molecule has 196 valence electrons. The SMILES string of the molecule is CC1=CC(NC(=O)C2CCCC2)=CC(c2cnc(N)c(C(=N)c3cc4c(-c5ccoc5)nccc4[nH]3)c2)=CC1. The lowest BCUT2D eigenvalue weighted by Crippen LogP contribution is -2.28. The maximum absolute atomic E-state index is 12.8. The Morgan fingerprint density at radius 1 is 1.15 bits per heavy atom. The van der Waals surface area contributed by atoms with Gasteiger partial charge in [-0.1, -0.05) is 24.5 Å². The molecule has 0 bridgehead atoms. The number of allylic oxidation sites excluding steroid dienone is 5. The molecule has 39 heavy (non-hydrogen) atoms. The van der Waals surface area contributed by atoms with Gasteiger partial charge in [-0.15, -0.1) is 0 Å². The largest absolute Gasteiger partial charge is 0.472 e. The third-order valence-corrected chi connectivity index (χ3v) is 7.48. The molecule has 6 rings (SSSR count). The van der Waals surface area contributed by atoms with Crippen LogP contribution in [-0.2, 0) is 4.79 Å². The number of carbonyl (C=O) groups excluding carboxylic acids is 1. The molecule has 4 heterocycles. The van der Waals surface area contributed by atoms with Crippen molar-refractivity contribution in [2.75, 3.05) is 5.73 Å². The molecule has 0 aromatic carbocycles. The monoisotopic (exact) mass is 518 g/mol. The van der Waals surface area contributed by atoms with Crippen LogP contribution < -0.4 is 11.1 Å². The van der Waals surface area contributed by atoms with Crippen molar-refractivity contribution >= 4 is 33.9 Å². The molecule has 1 amide bonds. The van der Waals surface area contributed by atoms with E-state index in [9.17, 15) is 4.79 Å². The van der Waals surface area contributed by atoms with E-state index in [1.165, 1.54) is 0 Å². The van der Waals surface area contributed by atoms with Crippen LogP contribution in [-0.4, -0.2) is 26.6 Å². The summed E-state index contributed by atoms with van der Waals surface area (Å²) in [5.41, 5.74) is 13.8. The number of nitrogens with zero attached hydrogens (tertiary/aromatic N) is 2. The van der Waals surface area contributed by atoms with E-state index in [0.717, 1.165) is 76.7 Å². The van der Waals surface area contributed by atoms with Gasteiger partial charge in [-0.25, -0.2) is 4.98 Å². The molecule has 0 unspecified atom stereocenters. The zero-order chi connectivity index (χ0) is 26.9. The minimum absolute atomic E-state index is 0.0843. The Morgan fingerprint density at radius 2 is 2.00 bits per heavy atom. The topological polar surface area (TPSA) is 134 Å². The molecule has 2 aliphatic carbocycles. The fourth-order valence-corrected chi connectivity index (χ4v) is 5.37. The first-order chi connectivity index (χ1) is 19.0. The smallest absolute Gasteiger partial charge is 0.227 e. The predicted molar refractivity (Wildman–Crippen MR) is 153 cm³/mol. The highest BCUT2D eigenvalue weighted by Gasteiger charge is 2.23. The number of furan rings is 1. The average Bonchev–Trinajstić information content (AvgIpc) is 3.71. The van der Waals surface area contributed by atoms with Crippen LogP contribution in [0.4, 0.5) is 5.82 Å². The molecule has 0 spiro atoms. The summed E-state index contributed by atoms with van der Waals surface area (Å²) in [6.45, 7) is 2.06. The van der Waals surface area contributed by atoms with Crippen LogP contribution in [0, 0.1) is 11.3 Å². The molecule has 5 N–H and O–H groups in total. The predicted octanol–water partition coefficient (Wildman–Crippen LogP) is 6.14. The summed E-state index contributed by atoms with van der Waals surface area (Å²) in [5, 5.41) is 13.0. The summed E-state index contributed by atoms with van der Waals surface area (Å²) < 4.78 is 5.24. The van der Waals surface area contributed by atoms with Gasteiger partial charge in [0.2, 0.25) is 5.91 Å². The lowest BCUT2D eigenvalue weighted by molar-refractivity contribution is -0.123. The van der Waals surface area contributed by atoms with Crippen molar-refractivity contribution in [3.05, 3.63) is 95.5 Å². The average molecular weight is 519 g/mol. The van der Waals surface area contributed by atoms with Gasteiger partial charge in [0.15, 0.2) is 0 Å². The number of nitrogens with one attached hydrogen (secondary N) is 3. The number of fused-ring (bicyclic) bond motifs is 1. The maximum atomic E-state index is 12.8. The molecule has 4 aromatic rings. The first-order valence-electron chi connectivity index (χ1n) is 13.2. The quantitative estimate of drug-likeness (QED) is 0.228. The van der Waals surface area contributed by atoms with E-state index in [2.05, 4.69) is 33.3 Å². The molecule has 0 atom stereocenters. The van der Waals surface area contributed by atoms with E-state index < -0.39 is 0 Å². The number of nitrogen functional groups attached to an aromatic ring is 1. The number of aromatic nitrogens is 3. The number of pyridine rings is 2. The summed E-state index contributed by atoms with van der Waals surface area (Å²) in [7, 11) is 0. The van der Waals surface area contributed by atoms with Gasteiger partial charge < -0.3 is 20.5 Å². The Labute approximate surface area is 226 Å². The molecular weight excluding hydrogens is 488 g/mol. The zero-order valence-corrected chi connectivity index (χ0v) is 21.8. The number of H-pyrrole nitrogens is 1. The van der Waals surface area contributed by atoms with E-state index in [4.69, 9.17) is 15.6 Å². The number of rotatable bonds is 6. The minimum Gasteiger partial charge on any atom is -0.472 e. The molecule has 8 heteroatoms. The van der Waals surface area contributed by atoms with E-state index in [0.29, 0.717) is 11.3 Å². The van der Waals surface area contributed by atoms with Crippen molar-refractivity contribution in [3.63, 3.8) is 0 Å². The van der Waals surface area contributed by atoms with Crippen LogP contribution in [0.3, 0.4) is 0 Å². The Bertz CT molecular complexity index is 1670. The van der Waals surface area contributed by atoms with E-state index in [1.54, 1.807) is 24.9 Å². The van der Waals surface area contributed by atoms with Crippen molar-refractivity contribution in [1.82, 2.24) is 20.3 Å². The second kappa shape index (κ2) is 10.2. The summed E-state index contributed by atoms with van der Waals surface area (Å²) in [5.74, 6) is 0.448. The number of carbonyl (C=O) groups is 1. The van der Waals surface area contributed by atoms with Crippen LogP contribution >= 0.6 is 0 Å². The van der Waals surface area contributed by atoms with E-state index in [-0.39, 0.29) is 23.4 Å². The highest BCUT2D eigenvalue weighted by molar-refractivity contribution is 6.15. The minimum atomic E-state index is 0.0843. The van der Waals surface area contributed by atoms with Gasteiger partial charge in [0.1, 0.15) is 5.82 Å². The van der Waals surface area contributed by atoms with Gasteiger partial charge in [-0.3, -0.25) is 15.2 Å². The number of nitrogens with two attached hydrogens (primary N) is 1.